The second-order valence-electron chi connectivity index (χ2n) is 9.07. The molecule has 6 heteroatoms. The van der Waals surface area contributed by atoms with E-state index in [0.29, 0.717) is 17.4 Å². The fourth-order valence-corrected chi connectivity index (χ4v) is 5.56. The first kappa shape index (κ1) is 22.8. The Morgan fingerprint density at radius 3 is 2.09 bits per heavy atom. The van der Waals surface area contributed by atoms with Crippen LogP contribution >= 0.6 is 0 Å². The molecule has 0 aromatic heterocycles. The lowest BCUT2D eigenvalue weighted by Gasteiger charge is -2.41. The topological polar surface area (TPSA) is 9.23 Å². The van der Waals surface area contributed by atoms with Crippen LogP contribution in [0.3, 0.4) is 0 Å². The Bertz CT molecular complexity index is 940. The first-order valence-corrected chi connectivity index (χ1v) is 11.2. The first-order valence-electron chi connectivity index (χ1n) is 11.2. The van der Waals surface area contributed by atoms with Crippen molar-refractivity contribution in [2.75, 3.05) is 0 Å². The summed E-state index contributed by atoms with van der Waals surface area (Å²) < 4.78 is 68.6. The molecule has 0 saturated heterocycles. The van der Waals surface area contributed by atoms with Crippen molar-refractivity contribution in [2.24, 2.45) is 17.8 Å². The summed E-state index contributed by atoms with van der Waals surface area (Å²) in [6.45, 7) is 2.08. The molecule has 0 N–H and O–H groups in total. The van der Waals surface area contributed by atoms with Gasteiger partial charge in [-0.3, -0.25) is 0 Å². The Labute approximate surface area is 185 Å². The predicted molar refractivity (Wildman–Crippen MR) is 114 cm³/mol. The van der Waals surface area contributed by atoms with Crippen LogP contribution < -0.4 is 4.74 Å². The SMILES string of the molecule is C/C=C/C1CCC2CC(c3ccc(-c4cc(F)c(OC(F)(F)F)c(F)c4)cc3)CCC2C1. The highest BCUT2D eigenvalue weighted by Gasteiger charge is 2.36. The molecule has 2 aromatic rings. The maximum atomic E-state index is 14.1. The summed E-state index contributed by atoms with van der Waals surface area (Å²) >= 11 is 0. The summed E-state index contributed by atoms with van der Waals surface area (Å²) in [6.07, 6.45) is 6.67. The highest BCUT2D eigenvalue weighted by atomic mass is 19.4. The zero-order valence-corrected chi connectivity index (χ0v) is 18.0. The average Bonchev–Trinajstić information content (AvgIpc) is 2.75. The van der Waals surface area contributed by atoms with Crippen molar-refractivity contribution in [2.45, 2.75) is 57.7 Å². The summed E-state index contributed by atoms with van der Waals surface area (Å²) in [5, 5.41) is 0. The van der Waals surface area contributed by atoms with Crippen LogP contribution in [0.1, 0.15) is 56.9 Å². The number of hydrogen-bond donors (Lipinski definition) is 0. The monoisotopic (exact) mass is 450 g/mol. The molecular formula is C26H27F5O. The van der Waals surface area contributed by atoms with Crippen LogP contribution in [0, 0.1) is 29.4 Å². The highest BCUT2D eigenvalue weighted by Crippen LogP contribution is 2.48. The smallest absolute Gasteiger partial charge is 0.399 e. The molecule has 4 unspecified atom stereocenters. The van der Waals surface area contributed by atoms with Gasteiger partial charge in [0.2, 0.25) is 5.75 Å². The summed E-state index contributed by atoms with van der Waals surface area (Å²) in [5.74, 6) is -1.46. The number of alkyl halides is 3. The van der Waals surface area contributed by atoms with Crippen molar-refractivity contribution in [3.63, 3.8) is 0 Å². The van der Waals surface area contributed by atoms with E-state index in [-0.39, 0.29) is 5.56 Å². The van der Waals surface area contributed by atoms with Crippen LogP contribution in [-0.4, -0.2) is 6.36 Å². The quantitative estimate of drug-likeness (QED) is 0.336. The molecule has 0 amide bonds. The van der Waals surface area contributed by atoms with Gasteiger partial charge in [0.05, 0.1) is 0 Å². The summed E-state index contributed by atoms with van der Waals surface area (Å²) in [6, 6.07) is 9.25. The molecule has 172 valence electrons. The predicted octanol–water partition coefficient (Wildman–Crippen LogP) is 8.41. The number of ether oxygens (including phenoxy) is 1. The van der Waals surface area contributed by atoms with Crippen molar-refractivity contribution in [1.29, 1.82) is 0 Å². The van der Waals surface area contributed by atoms with Gasteiger partial charge >= 0.3 is 6.36 Å². The summed E-state index contributed by atoms with van der Waals surface area (Å²) in [7, 11) is 0. The molecule has 4 rings (SSSR count). The minimum Gasteiger partial charge on any atom is -0.399 e. The zero-order chi connectivity index (χ0) is 22.9. The van der Waals surface area contributed by atoms with Gasteiger partial charge in [-0.2, -0.15) is 0 Å². The van der Waals surface area contributed by atoms with Crippen LogP contribution in [-0.2, 0) is 0 Å². The second-order valence-corrected chi connectivity index (χ2v) is 9.07. The van der Waals surface area contributed by atoms with Gasteiger partial charge in [0.25, 0.3) is 0 Å². The van der Waals surface area contributed by atoms with Gasteiger partial charge in [0, 0.05) is 0 Å². The van der Waals surface area contributed by atoms with Crippen molar-refractivity contribution >= 4 is 0 Å². The summed E-state index contributed by atoms with van der Waals surface area (Å²) in [4.78, 5) is 0. The van der Waals surface area contributed by atoms with E-state index in [1.807, 2.05) is 12.1 Å². The number of rotatable bonds is 4. The van der Waals surface area contributed by atoms with E-state index in [0.717, 1.165) is 30.4 Å². The normalized spacial score (nSPS) is 26.2. The molecule has 2 aliphatic carbocycles. The second kappa shape index (κ2) is 9.24. The van der Waals surface area contributed by atoms with Crippen LogP contribution in [0.15, 0.2) is 48.6 Å². The van der Waals surface area contributed by atoms with Gasteiger partial charge in [0.1, 0.15) is 0 Å². The molecule has 32 heavy (non-hydrogen) atoms. The van der Waals surface area contributed by atoms with E-state index >= 15 is 0 Å². The van der Waals surface area contributed by atoms with E-state index < -0.39 is 23.7 Å². The molecule has 2 aromatic carbocycles. The average molecular weight is 450 g/mol. The molecule has 0 bridgehead atoms. The summed E-state index contributed by atoms with van der Waals surface area (Å²) in [5.41, 5.74) is 1.93. The lowest BCUT2D eigenvalue weighted by Crippen LogP contribution is -2.30. The van der Waals surface area contributed by atoms with E-state index in [9.17, 15) is 22.0 Å². The molecule has 2 aliphatic rings. The van der Waals surface area contributed by atoms with Crippen LogP contribution in [0.25, 0.3) is 11.1 Å². The van der Waals surface area contributed by atoms with E-state index in [4.69, 9.17) is 0 Å². The number of allylic oxidation sites excluding steroid dienone is 2. The van der Waals surface area contributed by atoms with Gasteiger partial charge in [-0.25, -0.2) is 8.78 Å². The number of benzene rings is 2. The lowest BCUT2D eigenvalue weighted by atomic mass is 9.64. The van der Waals surface area contributed by atoms with Crippen molar-refractivity contribution in [3.05, 3.63) is 65.7 Å². The van der Waals surface area contributed by atoms with Crippen LogP contribution in [0.4, 0.5) is 22.0 Å². The van der Waals surface area contributed by atoms with Gasteiger partial charge < -0.3 is 4.74 Å². The Morgan fingerprint density at radius 1 is 0.844 bits per heavy atom. The fourth-order valence-electron chi connectivity index (χ4n) is 5.56. The van der Waals surface area contributed by atoms with E-state index in [2.05, 4.69) is 23.8 Å². The minimum absolute atomic E-state index is 0.173. The van der Waals surface area contributed by atoms with Gasteiger partial charge in [-0.1, -0.05) is 36.4 Å². The third-order valence-corrected chi connectivity index (χ3v) is 7.05. The minimum atomic E-state index is -5.16. The van der Waals surface area contributed by atoms with Gasteiger partial charge in [-0.15, -0.1) is 13.2 Å². The van der Waals surface area contributed by atoms with Crippen LogP contribution in [0.5, 0.6) is 5.75 Å². The Kier molecular flexibility index (Phi) is 6.59. The Hall–Kier alpha value is -2.37. The van der Waals surface area contributed by atoms with Gasteiger partial charge in [0.15, 0.2) is 11.6 Å². The van der Waals surface area contributed by atoms with Crippen molar-refractivity contribution in [1.82, 2.24) is 0 Å². The maximum absolute atomic E-state index is 14.1. The van der Waals surface area contributed by atoms with Crippen LogP contribution in [0.2, 0.25) is 0 Å². The number of fused-ring (bicyclic) bond motifs is 1. The Morgan fingerprint density at radius 2 is 1.47 bits per heavy atom. The highest BCUT2D eigenvalue weighted by molar-refractivity contribution is 5.65. The molecule has 0 spiro atoms. The largest absolute Gasteiger partial charge is 0.573 e. The molecule has 2 fully saturated rings. The molecule has 0 aliphatic heterocycles. The fraction of sp³-hybridized carbons (Fsp3) is 0.462. The van der Waals surface area contributed by atoms with Crippen molar-refractivity contribution < 1.29 is 26.7 Å². The molecule has 4 atom stereocenters. The Balaban J connectivity index is 1.45. The third-order valence-electron chi connectivity index (χ3n) is 7.05. The third kappa shape index (κ3) is 5.16. The molecule has 0 radical (unpaired) electrons. The lowest BCUT2D eigenvalue weighted by molar-refractivity contribution is -0.276. The first-order chi connectivity index (χ1) is 15.2. The molecular weight excluding hydrogens is 423 g/mol. The molecule has 1 nitrogen and oxygen atoms in total. The van der Waals surface area contributed by atoms with Crippen molar-refractivity contribution in [3.8, 4) is 16.9 Å². The number of hydrogen-bond acceptors (Lipinski definition) is 1. The van der Waals surface area contributed by atoms with E-state index in [1.165, 1.54) is 37.7 Å². The standard InChI is InChI=1S/C26H27F5O/c1-2-3-16-4-5-21-13-20(11-10-19(21)12-16)17-6-8-18(9-7-17)22-14-23(27)25(24(28)15-22)32-26(29,30)31/h2-3,6-9,14-16,19-21H,4-5,10-13H2,1H3/b3-2+. The maximum Gasteiger partial charge on any atom is 0.573 e. The molecule has 0 heterocycles. The molecule has 2 saturated carbocycles. The van der Waals surface area contributed by atoms with E-state index in [1.54, 1.807) is 12.1 Å². The zero-order valence-electron chi connectivity index (χ0n) is 18.0. The number of halogens is 5. The van der Waals surface area contributed by atoms with Gasteiger partial charge in [-0.05, 0) is 97.9 Å².